The smallest absolute Gasteiger partial charge is 0.224 e. The van der Waals surface area contributed by atoms with Gasteiger partial charge in [-0.15, -0.1) is 0 Å². The summed E-state index contributed by atoms with van der Waals surface area (Å²) in [6.45, 7) is 7.61. The number of benzene rings is 1. The van der Waals surface area contributed by atoms with Gasteiger partial charge in [-0.05, 0) is 19.0 Å². The molecule has 94 valence electrons. The fourth-order valence-corrected chi connectivity index (χ4v) is 1.63. The van der Waals surface area contributed by atoms with Crippen LogP contribution in [0.5, 0.6) is 0 Å². The first-order valence-corrected chi connectivity index (χ1v) is 6.21. The second kappa shape index (κ2) is 7.07. The van der Waals surface area contributed by atoms with E-state index in [2.05, 4.69) is 10.6 Å². The summed E-state index contributed by atoms with van der Waals surface area (Å²) in [6.07, 6.45) is 0. The van der Waals surface area contributed by atoms with E-state index in [-0.39, 0.29) is 17.9 Å². The van der Waals surface area contributed by atoms with Crippen molar-refractivity contribution in [2.75, 3.05) is 13.1 Å². The van der Waals surface area contributed by atoms with Gasteiger partial charge in [0.05, 0.1) is 6.04 Å². The molecule has 3 nitrogen and oxygen atoms in total. The summed E-state index contributed by atoms with van der Waals surface area (Å²) < 4.78 is 0. The third-order valence-corrected chi connectivity index (χ3v) is 2.81. The highest BCUT2D eigenvalue weighted by Crippen LogP contribution is 2.11. The van der Waals surface area contributed by atoms with Crippen molar-refractivity contribution in [3.05, 3.63) is 35.9 Å². The number of carbonyl (C=O) groups is 1. The molecule has 0 radical (unpaired) electrons. The zero-order chi connectivity index (χ0) is 12.7. The summed E-state index contributed by atoms with van der Waals surface area (Å²) in [4.78, 5) is 11.9. The highest BCUT2D eigenvalue weighted by molar-refractivity contribution is 5.78. The molecule has 0 heterocycles. The maximum atomic E-state index is 11.9. The first-order valence-electron chi connectivity index (χ1n) is 6.21. The van der Waals surface area contributed by atoms with E-state index in [1.807, 2.05) is 51.1 Å². The van der Waals surface area contributed by atoms with Gasteiger partial charge in [0.25, 0.3) is 0 Å². The molecule has 2 unspecified atom stereocenters. The number of carbonyl (C=O) groups excluding carboxylic acids is 1. The predicted molar refractivity (Wildman–Crippen MR) is 70.7 cm³/mol. The van der Waals surface area contributed by atoms with Crippen molar-refractivity contribution < 1.29 is 4.79 Å². The second-order valence-electron chi connectivity index (χ2n) is 4.35. The molecular weight excluding hydrogens is 212 g/mol. The molecule has 0 saturated carbocycles. The maximum absolute atomic E-state index is 11.9. The number of hydrogen-bond donors (Lipinski definition) is 2. The Labute approximate surface area is 104 Å². The monoisotopic (exact) mass is 234 g/mol. The first kappa shape index (κ1) is 13.7. The van der Waals surface area contributed by atoms with Gasteiger partial charge in [-0.3, -0.25) is 4.79 Å². The van der Waals surface area contributed by atoms with Gasteiger partial charge in [0.1, 0.15) is 0 Å². The molecule has 0 aromatic heterocycles. The Balaban J connectivity index is 2.46. The zero-order valence-corrected chi connectivity index (χ0v) is 10.9. The van der Waals surface area contributed by atoms with Gasteiger partial charge in [-0.1, -0.05) is 44.2 Å². The van der Waals surface area contributed by atoms with E-state index in [0.717, 1.165) is 18.7 Å². The van der Waals surface area contributed by atoms with Crippen molar-refractivity contribution in [3.63, 3.8) is 0 Å². The summed E-state index contributed by atoms with van der Waals surface area (Å²) in [7, 11) is 0. The van der Waals surface area contributed by atoms with E-state index < -0.39 is 0 Å². The van der Waals surface area contributed by atoms with Crippen molar-refractivity contribution >= 4 is 5.91 Å². The van der Waals surface area contributed by atoms with Crippen molar-refractivity contribution in [2.24, 2.45) is 5.92 Å². The van der Waals surface area contributed by atoms with Crippen LogP contribution in [-0.4, -0.2) is 19.0 Å². The van der Waals surface area contributed by atoms with Crippen molar-refractivity contribution in [3.8, 4) is 0 Å². The molecule has 0 aliphatic heterocycles. The number of rotatable bonds is 6. The van der Waals surface area contributed by atoms with Crippen LogP contribution in [0, 0.1) is 5.92 Å². The largest absolute Gasteiger partial charge is 0.349 e. The van der Waals surface area contributed by atoms with Crippen LogP contribution >= 0.6 is 0 Å². The quantitative estimate of drug-likeness (QED) is 0.791. The Kier molecular flexibility index (Phi) is 5.70. The summed E-state index contributed by atoms with van der Waals surface area (Å²) in [6, 6.07) is 10.1. The summed E-state index contributed by atoms with van der Waals surface area (Å²) >= 11 is 0. The van der Waals surface area contributed by atoms with Crippen LogP contribution in [0.4, 0.5) is 0 Å². The minimum atomic E-state index is 0.00103. The van der Waals surface area contributed by atoms with Crippen molar-refractivity contribution in [1.82, 2.24) is 10.6 Å². The van der Waals surface area contributed by atoms with Crippen molar-refractivity contribution in [1.29, 1.82) is 0 Å². The van der Waals surface area contributed by atoms with Gasteiger partial charge in [0, 0.05) is 12.5 Å². The molecule has 0 saturated heterocycles. The summed E-state index contributed by atoms with van der Waals surface area (Å²) in [5.74, 6) is 0.100. The molecule has 2 atom stereocenters. The molecular formula is C14H22N2O. The highest BCUT2D eigenvalue weighted by Gasteiger charge is 2.15. The molecule has 2 N–H and O–H groups in total. The molecule has 3 heteroatoms. The molecule has 0 fully saturated rings. The Morgan fingerprint density at radius 1 is 1.24 bits per heavy atom. The van der Waals surface area contributed by atoms with Crippen LogP contribution in [-0.2, 0) is 4.79 Å². The van der Waals surface area contributed by atoms with Gasteiger partial charge in [-0.25, -0.2) is 0 Å². The van der Waals surface area contributed by atoms with Crippen LogP contribution in [0.3, 0.4) is 0 Å². The second-order valence-corrected chi connectivity index (χ2v) is 4.35. The molecule has 0 aliphatic carbocycles. The Morgan fingerprint density at radius 2 is 1.88 bits per heavy atom. The van der Waals surface area contributed by atoms with Gasteiger partial charge in [0.2, 0.25) is 5.91 Å². The number of nitrogens with one attached hydrogen (secondary N) is 2. The van der Waals surface area contributed by atoms with Gasteiger partial charge < -0.3 is 10.6 Å². The lowest BCUT2D eigenvalue weighted by Crippen LogP contribution is -2.36. The normalized spacial score (nSPS) is 14.1. The fraction of sp³-hybridized carbons (Fsp3) is 0.500. The topological polar surface area (TPSA) is 41.1 Å². The Hall–Kier alpha value is -1.35. The average Bonchev–Trinajstić information content (AvgIpc) is 2.36. The van der Waals surface area contributed by atoms with E-state index in [4.69, 9.17) is 0 Å². The first-order chi connectivity index (χ1) is 8.15. The van der Waals surface area contributed by atoms with E-state index >= 15 is 0 Å². The van der Waals surface area contributed by atoms with E-state index in [0.29, 0.717) is 0 Å². The zero-order valence-electron chi connectivity index (χ0n) is 10.9. The molecule has 0 spiro atoms. The van der Waals surface area contributed by atoms with E-state index in [1.165, 1.54) is 0 Å². The SMILES string of the molecule is CCNCC(C)C(=O)NC(C)c1ccccc1. The minimum absolute atomic E-state index is 0.00103. The minimum Gasteiger partial charge on any atom is -0.349 e. The Bertz CT molecular complexity index is 337. The molecule has 1 aromatic carbocycles. The van der Waals surface area contributed by atoms with Crippen LogP contribution in [0.2, 0.25) is 0 Å². The molecule has 0 aliphatic rings. The lowest BCUT2D eigenvalue weighted by Gasteiger charge is -2.18. The fourth-order valence-electron chi connectivity index (χ4n) is 1.63. The lowest BCUT2D eigenvalue weighted by atomic mass is 10.1. The lowest BCUT2D eigenvalue weighted by molar-refractivity contribution is -0.125. The molecule has 17 heavy (non-hydrogen) atoms. The molecule has 0 bridgehead atoms. The predicted octanol–water partition coefficient (Wildman–Crippen LogP) is 2.11. The van der Waals surface area contributed by atoms with Crippen LogP contribution in [0.1, 0.15) is 32.4 Å². The molecule has 1 aromatic rings. The third kappa shape index (κ3) is 4.57. The van der Waals surface area contributed by atoms with E-state index in [1.54, 1.807) is 0 Å². The average molecular weight is 234 g/mol. The molecule has 1 rings (SSSR count). The highest BCUT2D eigenvalue weighted by atomic mass is 16.1. The van der Waals surface area contributed by atoms with Crippen LogP contribution in [0.15, 0.2) is 30.3 Å². The molecule has 1 amide bonds. The Morgan fingerprint density at radius 3 is 2.47 bits per heavy atom. The van der Waals surface area contributed by atoms with Gasteiger partial charge in [0.15, 0.2) is 0 Å². The van der Waals surface area contributed by atoms with Crippen molar-refractivity contribution in [2.45, 2.75) is 26.8 Å². The third-order valence-electron chi connectivity index (χ3n) is 2.81. The standard InChI is InChI=1S/C14H22N2O/c1-4-15-10-11(2)14(17)16-12(3)13-8-6-5-7-9-13/h5-9,11-12,15H,4,10H2,1-3H3,(H,16,17). The van der Waals surface area contributed by atoms with Crippen LogP contribution < -0.4 is 10.6 Å². The van der Waals surface area contributed by atoms with E-state index in [9.17, 15) is 4.79 Å². The maximum Gasteiger partial charge on any atom is 0.224 e. The van der Waals surface area contributed by atoms with Gasteiger partial charge >= 0.3 is 0 Å². The van der Waals surface area contributed by atoms with Gasteiger partial charge in [-0.2, -0.15) is 0 Å². The van der Waals surface area contributed by atoms with Crippen LogP contribution in [0.25, 0.3) is 0 Å². The summed E-state index contributed by atoms with van der Waals surface area (Å²) in [5.41, 5.74) is 1.14. The number of hydrogen-bond acceptors (Lipinski definition) is 2. The summed E-state index contributed by atoms with van der Waals surface area (Å²) in [5, 5.41) is 6.21. The number of amides is 1.